The molecule has 0 aromatic rings. The first kappa shape index (κ1) is 13.8. The summed E-state index contributed by atoms with van der Waals surface area (Å²) in [6.07, 6.45) is 6.32. The second-order valence-electron chi connectivity index (χ2n) is 5.99. The number of morpholine rings is 1. The number of carbonyl (C=O) groups excluding carboxylic acids is 1. The summed E-state index contributed by atoms with van der Waals surface area (Å²) in [5.41, 5.74) is -0.223. The van der Waals surface area contributed by atoms with Gasteiger partial charge in [0.05, 0.1) is 18.3 Å². The fourth-order valence-electron chi connectivity index (χ4n) is 2.74. The Balaban J connectivity index is 1.73. The molecule has 104 valence electrons. The van der Waals surface area contributed by atoms with Gasteiger partial charge in [-0.2, -0.15) is 0 Å². The first-order valence-corrected chi connectivity index (χ1v) is 7.10. The molecule has 0 aromatic carbocycles. The highest BCUT2D eigenvalue weighted by atomic mass is 16.5. The van der Waals surface area contributed by atoms with Crippen LogP contribution < -0.4 is 0 Å². The summed E-state index contributed by atoms with van der Waals surface area (Å²) in [6.45, 7) is 6.27. The van der Waals surface area contributed by atoms with E-state index in [9.17, 15) is 4.79 Å². The first-order valence-electron chi connectivity index (χ1n) is 7.10. The van der Waals surface area contributed by atoms with Gasteiger partial charge in [0.1, 0.15) is 6.61 Å². The van der Waals surface area contributed by atoms with Crippen molar-refractivity contribution in [2.24, 2.45) is 0 Å². The summed E-state index contributed by atoms with van der Waals surface area (Å²) >= 11 is 0. The molecule has 0 radical (unpaired) electrons. The zero-order chi connectivity index (χ0) is 13.0. The van der Waals surface area contributed by atoms with Crippen molar-refractivity contribution in [1.29, 1.82) is 0 Å². The summed E-state index contributed by atoms with van der Waals surface area (Å²) in [5, 5.41) is 0. The summed E-state index contributed by atoms with van der Waals surface area (Å²) in [4.78, 5) is 13.9. The zero-order valence-corrected chi connectivity index (χ0v) is 11.6. The van der Waals surface area contributed by atoms with E-state index >= 15 is 0 Å². The van der Waals surface area contributed by atoms with Crippen LogP contribution in [-0.4, -0.2) is 48.8 Å². The van der Waals surface area contributed by atoms with Crippen molar-refractivity contribution in [1.82, 2.24) is 4.90 Å². The van der Waals surface area contributed by atoms with Gasteiger partial charge in [-0.25, -0.2) is 0 Å². The van der Waals surface area contributed by atoms with Crippen LogP contribution in [0.15, 0.2) is 0 Å². The number of hydrogen-bond acceptors (Lipinski definition) is 3. The Hall–Kier alpha value is -0.610. The summed E-state index contributed by atoms with van der Waals surface area (Å²) in [5.74, 6) is 0.108. The molecule has 1 saturated carbocycles. The topological polar surface area (TPSA) is 38.8 Å². The molecule has 1 heterocycles. The molecule has 18 heavy (non-hydrogen) atoms. The number of amides is 1. The summed E-state index contributed by atoms with van der Waals surface area (Å²) in [7, 11) is 0. The lowest BCUT2D eigenvalue weighted by Crippen LogP contribution is -2.51. The fraction of sp³-hybridized carbons (Fsp3) is 0.929. The van der Waals surface area contributed by atoms with Crippen LogP contribution in [0.1, 0.15) is 46.0 Å². The molecule has 0 atom stereocenters. The molecule has 1 saturated heterocycles. The fourth-order valence-corrected chi connectivity index (χ4v) is 2.74. The van der Waals surface area contributed by atoms with Gasteiger partial charge < -0.3 is 14.4 Å². The van der Waals surface area contributed by atoms with Gasteiger partial charge in [-0.1, -0.05) is 19.3 Å². The summed E-state index contributed by atoms with van der Waals surface area (Å²) in [6, 6.07) is 0. The van der Waals surface area contributed by atoms with Crippen LogP contribution in [0.5, 0.6) is 0 Å². The smallest absolute Gasteiger partial charge is 0.248 e. The molecule has 2 fully saturated rings. The lowest BCUT2D eigenvalue weighted by molar-refractivity contribution is -0.152. The highest BCUT2D eigenvalue weighted by Gasteiger charge is 2.30. The first-order chi connectivity index (χ1) is 8.57. The average Bonchev–Trinajstić information content (AvgIpc) is 2.36. The lowest BCUT2D eigenvalue weighted by atomic mass is 9.98. The van der Waals surface area contributed by atoms with Gasteiger partial charge in [-0.05, 0) is 26.7 Å². The molecule has 0 unspecified atom stereocenters. The molecule has 0 spiro atoms. The third kappa shape index (κ3) is 3.95. The molecular weight excluding hydrogens is 230 g/mol. The number of nitrogens with zero attached hydrogens (tertiary/aromatic N) is 1. The second kappa shape index (κ2) is 6.02. The van der Waals surface area contributed by atoms with Crippen LogP contribution >= 0.6 is 0 Å². The number of hydrogen-bond donors (Lipinski definition) is 0. The van der Waals surface area contributed by atoms with Crippen LogP contribution in [0.2, 0.25) is 0 Å². The van der Waals surface area contributed by atoms with E-state index in [1.54, 1.807) is 0 Å². The normalized spacial score (nSPS) is 25.1. The Bertz CT molecular complexity index is 285. The highest BCUT2D eigenvalue weighted by Crippen LogP contribution is 2.21. The maximum atomic E-state index is 12.1. The van der Waals surface area contributed by atoms with Crippen molar-refractivity contribution in [3.63, 3.8) is 0 Å². The quantitative estimate of drug-likeness (QED) is 0.774. The SMILES string of the molecule is CC1(C)CN(C(=O)COC2CCCCC2)CCO1. The number of carbonyl (C=O) groups is 1. The second-order valence-corrected chi connectivity index (χ2v) is 5.99. The Labute approximate surface area is 110 Å². The van der Waals surface area contributed by atoms with E-state index in [1.807, 2.05) is 18.7 Å². The van der Waals surface area contributed by atoms with Gasteiger partial charge in [0.15, 0.2) is 0 Å². The van der Waals surface area contributed by atoms with E-state index < -0.39 is 0 Å². The van der Waals surface area contributed by atoms with Crippen LogP contribution in [0.4, 0.5) is 0 Å². The van der Waals surface area contributed by atoms with E-state index in [0.717, 1.165) is 12.8 Å². The van der Waals surface area contributed by atoms with Crippen molar-refractivity contribution in [2.75, 3.05) is 26.3 Å². The largest absolute Gasteiger partial charge is 0.372 e. The predicted molar refractivity (Wildman–Crippen MR) is 69.4 cm³/mol. The van der Waals surface area contributed by atoms with Gasteiger partial charge in [-0.3, -0.25) is 4.79 Å². The van der Waals surface area contributed by atoms with Gasteiger partial charge in [0.2, 0.25) is 5.91 Å². The molecule has 1 aliphatic heterocycles. The third-order valence-electron chi connectivity index (χ3n) is 3.77. The van der Waals surface area contributed by atoms with E-state index in [2.05, 4.69) is 0 Å². The Kier molecular flexibility index (Phi) is 4.62. The minimum absolute atomic E-state index is 0.108. The van der Waals surface area contributed by atoms with Crippen LogP contribution in [0.3, 0.4) is 0 Å². The van der Waals surface area contributed by atoms with Crippen molar-refractivity contribution in [3.05, 3.63) is 0 Å². The van der Waals surface area contributed by atoms with Crippen LogP contribution in [-0.2, 0) is 14.3 Å². The minimum atomic E-state index is -0.223. The van der Waals surface area contributed by atoms with Gasteiger partial charge in [0, 0.05) is 13.1 Å². The van der Waals surface area contributed by atoms with Gasteiger partial charge in [0.25, 0.3) is 0 Å². The average molecular weight is 255 g/mol. The molecule has 4 heteroatoms. The van der Waals surface area contributed by atoms with E-state index in [-0.39, 0.29) is 18.1 Å². The molecule has 4 nitrogen and oxygen atoms in total. The molecule has 2 aliphatic rings. The highest BCUT2D eigenvalue weighted by molar-refractivity contribution is 5.77. The van der Waals surface area contributed by atoms with E-state index in [4.69, 9.17) is 9.47 Å². The molecule has 1 amide bonds. The van der Waals surface area contributed by atoms with E-state index in [0.29, 0.717) is 25.8 Å². The maximum absolute atomic E-state index is 12.1. The van der Waals surface area contributed by atoms with Gasteiger partial charge in [-0.15, -0.1) is 0 Å². The Morgan fingerprint density at radius 2 is 2.06 bits per heavy atom. The van der Waals surface area contributed by atoms with Crippen molar-refractivity contribution >= 4 is 5.91 Å². The molecule has 0 aromatic heterocycles. The van der Waals surface area contributed by atoms with E-state index in [1.165, 1.54) is 19.3 Å². The third-order valence-corrected chi connectivity index (χ3v) is 3.77. The molecule has 1 aliphatic carbocycles. The predicted octanol–water partition coefficient (Wildman–Crippen LogP) is 1.97. The van der Waals surface area contributed by atoms with Crippen LogP contribution in [0, 0.1) is 0 Å². The molecular formula is C14H25NO3. The minimum Gasteiger partial charge on any atom is -0.372 e. The van der Waals surface area contributed by atoms with Crippen LogP contribution in [0.25, 0.3) is 0 Å². The monoisotopic (exact) mass is 255 g/mol. The molecule has 0 N–H and O–H groups in total. The van der Waals surface area contributed by atoms with Gasteiger partial charge >= 0.3 is 0 Å². The zero-order valence-electron chi connectivity index (χ0n) is 11.6. The lowest BCUT2D eigenvalue weighted by Gasteiger charge is -2.38. The number of ether oxygens (including phenoxy) is 2. The molecule has 2 rings (SSSR count). The van der Waals surface area contributed by atoms with Crippen molar-refractivity contribution in [3.8, 4) is 0 Å². The molecule has 0 bridgehead atoms. The maximum Gasteiger partial charge on any atom is 0.248 e. The Morgan fingerprint density at radius 3 is 2.72 bits per heavy atom. The van der Waals surface area contributed by atoms with Crippen molar-refractivity contribution in [2.45, 2.75) is 57.7 Å². The standard InChI is InChI=1S/C14H25NO3/c1-14(2)11-15(8-9-18-14)13(16)10-17-12-6-4-3-5-7-12/h12H,3-11H2,1-2H3. The van der Waals surface area contributed by atoms with Crippen molar-refractivity contribution < 1.29 is 14.3 Å². The Morgan fingerprint density at radius 1 is 1.33 bits per heavy atom. The summed E-state index contributed by atoms with van der Waals surface area (Å²) < 4.78 is 11.3. The number of rotatable bonds is 3.